The summed E-state index contributed by atoms with van der Waals surface area (Å²) >= 11 is 11.8. The summed E-state index contributed by atoms with van der Waals surface area (Å²) in [5.74, 6) is 0.389. The van der Waals surface area contributed by atoms with E-state index < -0.39 is 0 Å². The van der Waals surface area contributed by atoms with E-state index in [4.69, 9.17) is 23.2 Å². The van der Waals surface area contributed by atoms with E-state index in [1.165, 1.54) is 6.20 Å². The molecule has 1 fully saturated rings. The van der Waals surface area contributed by atoms with Crippen LogP contribution in [0.15, 0.2) is 36.8 Å². The molecule has 0 bridgehead atoms. The number of carbonyl (C=O) groups excluding carboxylic acids is 1. The maximum absolute atomic E-state index is 12.5. The molecule has 1 saturated heterocycles. The second-order valence-electron chi connectivity index (χ2n) is 5.05. The van der Waals surface area contributed by atoms with Gasteiger partial charge in [0.25, 0.3) is 0 Å². The molecule has 3 rings (SSSR count). The van der Waals surface area contributed by atoms with Gasteiger partial charge in [-0.15, -0.1) is 0 Å². The van der Waals surface area contributed by atoms with Crippen LogP contribution in [-0.2, 0) is 0 Å². The first kappa shape index (κ1) is 15.1. The molecule has 1 atom stereocenters. The summed E-state index contributed by atoms with van der Waals surface area (Å²) in [5.41, 5.74) is 1.09. The fourth-order valence-corrected chi connectivity index (χ4v) is 2.86. The molecule has 2 aromatic heterocycles. The largest absolute Gasteiger partial charge is 0.323 e. The van der Waals surface area contributed by atoms with Gasteiger partial charge in [0.05, 0.1) is 16.1 Å². The van der Waals surface area contributed by atoms with Gasteiger partial charge in [0.1, 0.15) is 5.82 Å². The molecule has 1 aliphatic heterocycles. The molecule has 0 aromatic carbocycles. The number of nitrogens with zero attached hydrogens (tertiary/aromatic N) is 3. The molecule has 114 valence electrons. The number of hydrogen-bond acceptors (Lipinski definition) is 3. The van der Waals surface area contributed by atoms with Crippen molar-refractivity contribution in [1.29, 1.82) is 0 Å². The summed E-state index contributed by atoms with van der Waals surface area (Å²) in [7, 11) is 0. The Morgan fingerprint density at radius 2 is 2.05 bits per heavy atom. The highest BCUT2D eigenvalue weighted by Crippen LogP contribution is 2.32. The molecule has 0 saturated carbocycles. The fourth-order valence-electron chi connectivity index (χ4n) is 2.61. The molecule has 1 aliphatic rings. The number of amides is 2. The molecule has 0 aliphatic carbocycles. The van der Waals surface area contributed by atoms with Crippen molar-refractivity contribution >= 4 is 35.1 Å². The van der Waals surface area contributed by atoms with Crippen molar-refractivity contribution in [3.63, 3.8) is 0 Å². The van der Waals surface area contributed by atoms with Gasteiger partial charge < -0.3 is 4.90 Å². The van der Waals surface area contributed by atoms with Crippen LogP contribution in [-0.4, -0.2) is 27.4 Å². The first-order valence-electron chi connectivity index (χ1n) is 6.94. The van der Waals surface area contributed by atoms with Gasteiger partial charge in [-0.05, 0) is 30.5 Å². The topological polar surface area (TPSA) is 58.1 Å². The van der Waals surface area contributed by atoms with Gasteiger partial charge in [-0.2, -0.15) is 0 Å². The first-order valence-corrected chi connectivity index (χ1v) is 7.69. The first-order chi connectivity index (χ1) is 10.6. The number of anilines is 1. The normalized spacial score (nSPS) is 17.5. The van der Waals surface area contributed by atoms with Crippen LogP contribution in [0.1, 0.15) is 24.4 Å². The number of halogens is 2. The molecule has 7 heteroatoms. The summed E-state index contributed by atoms with van der Waals surface area (Å²) in [4.78, 5) is 22.4. The van der Waals surface area contributed by atoms with Crippen molar-refractivity contribution in [3.8, 4) is 0 Å². The number of carbonyl (C=O) groups is 1. The Balaban J connectivity index is 1.75. The van der Waals surface area contributed by atoms with Crippen LogP contribution in [0.5, 0.6) is 0 Å². The number of aromatic nitrogens is 2. The summed E-state index contributed by atoms with van der Waals surface area (Å²) in [6, 6.07) is 5.29. The number of nitrogens with one attached hydrogen (secondary N) is 1. The minimum absolute atomic E-state index is 0.0609. The van der Waals surface area contributed by atoms with Crippen LogP contribution in [0.25, 0.3) is 0 Å². The van der Waals surface area contributed by atoms with E-state index in [0.717, 1.165) is 18.4 Å². The van der Waals surface area contributed by atoms with E-state index >= 15 is 0 Å². The summed E-state index contributed by atoms with van der Waals surface area (Å²) in [5, 5.41) is 3.49. The van der Waals surface area contributed by atoms with E-state index in [1.54, 1.807) is 23.4 Å². The summed E-state index contributed by atoms with van der Waals surface area (Å²) < 4.78 is 0. The van der Waals surface area contributed by atoms with Gasteiger partial charge in [0, 0.05) is 31.2 Å². The number of urea groups is 1. The zero-order chi connectivity index (χ0) is 15.5. The molecule has 3 heterocycles. The van der Waals surface area contributed by atoms with Gasteiger partial charge in [0.15, 0.2) is 0 Å². The maximum atomic E-state index is 12.5. The Hall–Kier alpha value is -1.85. The van der Waals surface area contributed by atoms with E-state index in [9.17, 15) is 4.79 Å². The van der Waals surface area contributed by atoms with Crippen LogP contribution in [0.4, 0.5) is 10.6 Å². The average Bonchev–Trinajstić information content (AvgIpc) is 3.01. The number of rotatable bonds is 2. The maximum Gasteiger partial charge on any atom is 0.323 e. The Labute approximate surface area is 138 Å². The van der Waals surface area contributed by atoms with Crippen LogP contribution >= 0.6 is 23.2 Å². The number of likely N-dealkylation sites (tertiary alicyclic amines) is 1. The van der Waals surface area contributed by atoms with Gasteiger partial charge in [-0.1, -0.05) is 23.2 Å². The van der Waals surface area contributed by atoms with Gasteiger partial charge >= 0.3 is 6.03 Å². The Morgan fingerprint density at radius 1 is 1.27 bits per heavy atom. The minimum Gasteiger partial charge on any atom is -0.317 e. The van der Waals surface area contributed by atoms with Crippen molar-refractivity contribution in [2.75, 3.05) is 11.9 Å². The molecule has 0 spiro atoms. The molecule has 1 N–H and O–H groups in total. The van der Waals surface area contributed by atoms with Gasteiger partial charge in [-0.25, -0.2) is 9.78 Å². The van der Waals surface area contributed by atoms with Crippen LogP contribution < -0.4 is 5.32 Å². The predicted octanol–water partition coefficient (Wildman–Crippen LogP) is 4.15. The Morgan fingerprint density at radius 3 is 2.77 bits per heavy atom. The summed E-state index contributed by atoms with van der Waals surface area (Å²) in [6.45, 7) is 0.708. The van der Waals surface area contributed by atoms with E-state index in [-0.39, 0.29) is 12.1 Å². The van der Waals surface area contributed by atoms with Crippen molar-refractivity contribution in [2.24, 2.45) is 0 Å². The van der Waals surface area contributed by atoms with Crippen molar-refractivity contribution < 1.29 is 4.79 Å². The second-order valence-corrected chi connectivity index (χ2v) is 5.86. The van der Waals surface area contributed by atoms with E-state index in [0.29, 0.717) is 22.4 Å². The lowest BCUT2D eigenvalue weighted by Crippen LogP contribution is -2.34. The molecule has 2 amide bonds. The lowest BCUT2D eigenvalue weighted by Gasteiger charge is -2.25. The van der Waals surface area contributed by atoms with Crippen molar-refractivity contribution in [3.05, 3.63) is 52.4 Å². The lowest BCUT2D eigenvalue weighted by molar-refractivity contribution is 0.207. The van der Waals surface area contributed by atoms with Gasteiger partial charge in [-0.3, -0.25) is 10.3 Å². The predicted molar refractivity (Wildman–Crippen MR) is 86.2 cm³/mol. The highest BCUT2D eigenvalue weighted by Gasteiger charge is 2.30. The van der Waals surface area contributed by atoms with Gasteiger partial charge in [0.2, 0.25) is 0 Å². The molecular formula is C15H14Cl2N4O. The quantitative estimate of drug-likeness (QED) is 0.895. The fraction of sp³-hybridized carbons (Fsp3) is 0.267. The van der Waals surface area contributed by atoms with E-state index in [2.05, 4.69) is 15.3 Å². The monoisotopic (exact) mass is 336 g/mol. The highest BCUT2D eigenvalue weighted by molar-refractivity contribution is 6.42. The summed E-state index contributed by atoms with van der Waals surface area (Å²) in [6.07, 6.45) is 6.81. The molecule has 0 radical (unpaired) electrons. The third-order valence-electron chi connectivity index (χ3n) is 3.65. The molecule has 5 nitrogen and oxygen atoms in total. The third-order valence-corrected chi connectivity index (χ3v) is 4.36. The second kappa shape index (κ2) is 6.50. The Bertz CT molecular complexity index is 680. The third kappa shape index (κ3) is 3.15. The molecular weight excluding hydrogens is 323 g/mol. The Kier molecular flexibility index (Phi) is 4.45. The number of pyridine rings is 2. The van der Waals surface area contributed by atoms with Crippen LogP contribution in [0.2, 0.25) is 10.0 Å². The van der Waals surface area contributed by atoms with E-state index in [1.807, 2.05) is 12.1 Å². The van der Waals surface area contributed by atoms with Crippen molar-refractivity contribution in [1.82, 2.24) is 14.9 Å². The lowest BCUT2D eigenvalue weighted by atomic mass is 10.1. The van der Waals surface area contributed by atoms with Crippen LogP contribution in [0.3, 0.4) is 0 Å². The SMILES string of the molecule is O=C(Nc1cc(Cl)c(Cl)cn1)N1CCC[C@@H]1c1ccncc1. The highest BCUT2D eigenvalue weighted by atomic mass is 35.5. The number of hydrogen-bond donors (Lipinski definition) is 1. The molecule has 0 unspecified atom stereocenters. The van der Waals surface area contributed by atoms with Crippen molar-refractivity contribution in [2.45, 2.75) is 18.9 Å². The average molecular weight is 337 g/mol. The smallest absolute Gasteiger partial charge is 0.317 e. The van der Waals surface area contributed by atoms with Crippen LogP contribution in [0, 0.1) is 0 Å². The zero-order valence-corrected chi connectivity index (χ0v) is 13.2. The zero-order valence-electron chi connectivity index (χ0n) is 11.7. The molecule has 2 aromatic rings. The molecule has 22 heavy (non-hydrogen) atoms. The standard InChI is InChI=1S/C15H14Cl2N4O/c16-11-8-14(19-9-12(11)17)20-15(22)21-7-1-2-13(21)10-3-5-18-6-4-10/h3-6,8-9,13H,1-2,7H2,(H,19,20,22)/t13-/m1/s1. The minimum atomic E-state index is -0.190.